The summed E-state index contributed by atoms with van der Waals surface area (Å²) in [5, 5.41) is 0.578. The fraction of sp³-hybridized carbons (Fsp3) is 0.591. The van der Waals surface area contributed by atoms with Gasteiger partial charge < -0.3 is 4.90 Å². The number of aromatic nitrogens is 2. The summed E-state index contributed by atoms with van der Waals surface area (Å²) in [4.78, 5) is 32.7. The van der Waals surface area contributed by atoms with E-state index in [0.717, 1.165) is 25.7 Å². The average Bonchev–Trinajstić information content (AvgIpc) is 2.72. The molecule has 144 valence electrons. The molecule has 27 heavy (non-hydrogen) atoms. The van der Waals surface area contributed by atoms with Gasteiger partial charge in [0.05, 0.1) is 17.2 Å². The molecule has 2 aliphatic carbocycles. The summed E-state index contributed by atoms with van der Waals surface area (Å²) in [6.45, 7) is 0.101. The lowest BCUT2D eigenvalue weighted by atomic mass is 9.88. The van der Waals surface area contributed by atoms with Gasteiger partial charge in [-0.25, -0.2) is 4.98 Å². The second kappa shape index (κ2) is 8.24. The normalized spacial score (nSPS) is 19.3. The van der Waals surface area contributed by atoms with Crippen LogP contribution >= 0.6 is 0 Å². The highest BCUT2D eigenvalue weighted by Crippen LogP contribution is 2.30. The molecule has 0 unspecified atom stereocenters. The maximum Gasteiger partial charge on any atom is 0.261 e. The summed E-state index contributed by atoms with van der Waals surface area (Å²) in [6, 6.07) is 8.02. The number of para-hydroxylation sites is 1. The highest BCUT2D eigenvalue weighted by molar-refractivity contribution is 5.79. The molecule has 5 nitrogen and oxygen atoms in total. The maximum absolute atomic E-state index is 13.3. The Morgan fingerprint density at radius 2 is 1.56 bits per heavy atom. The number of benzene rings is 1. The molecule has 1 heterocycles. The molecule has 0 bridgehead atoms. The van der Waals surface area contributed by atoms with Gasteiger partial charge in [-0.15, -0.1) is 0 Å². The summed E-state index contributed by atoms with van der Waals surface area (Å²) < 4.78 is 1.49. The molecule has 5 heteroatoms. The Hall–Kier alpha value is -2.17. The first-order chi connectivity index (χ1) is 13.2. The predicted molar refractivity (Wildman–Crippen MR) is 107 cm³/mol. The van der Waals surface area contributed by atoms with Crippen molar-refractivity contribution in [3.63, 3.8) is 0 Å². The molecule has 0 saturated heterocycles. The molecule has 0 N–H and O–H groups in total. The van der Waals surface area contributed by atoms with E-state index < -0.39 is 0 Å². The van der Waals surface area contributed by atoms with Crippen molar-refractivity contribution < 1.29 is 4.79 Å². The van der Waals surface area contributed by atoms with Gasteiger partial charge in [-0.3, -0.25) is 14.2 Å². The van der Waals surface area contributed by atoms with Crippen LogP contribution < -0.4 is 5.56 Å². The van der Waals surface area contributed by atoms with E-state index in [-0.39, 0.29) is 18.0 Å². The minimum absolute atomic E-state index is 0.0907. The largest absolute Gasteiger partial charge is 0.335 e. The van der Waals surface area contributed by atoms with Crippen LogP contribution in [-0.4, -0.2) is 32.4 Å². The number of carbonyl (C=O) groups excluding carboxylic acids is 1. The minimum atomic E-state index is -0.124. The molecule has 4 rings (SSSR count). The first-order valence-corrected chi connectivity index (χ1v) is 10.5. The Morgan fingerprint density at radius 1 is 0.963 bits per heavy atom. The minimum Gasteiger partial charge on any atom is -0.335 e. The zero-order valence-corrected chi connectivity index (χ0v) is 16.0. The van der Waals surface area contributed by atoms with Crippen LogP contribution in [0.3, 0.4) is 0 Å². The number of nitrogens with zero attached hydrogens (tertiary/aromatic N) is 3. The fourth-order valence-corrected chi connectivity index (χ4v) is 4.87. The lowest BCUT2D eigenvalue weighted by Gasteiger charge is -2.42. The molecule has 0 atom stereocenters. The number of amides is 1. The molecule has 2 aromatic rings. The summed E-state index contributed by atoms with van der Waals surface area (Å²) in [6.07, 6.45) is 13.3. The first-order valence-electron chi connectivity index (χ1n) is 10.5. The summed E-state index contributed by atoms with van der Waals surface area (Å²) in [7, 11) is 0. The number of fused-ring (bicyclic) bond motifs is 1. The Bertz CT molecular complexity index is 830. The highest BCUT2D eigenvalue weighted by Gasteiger charge is 2.32. The van der Waals surface area contributed by atoms with E-state index in [0.29, 0.717) is 23.0 Å². The van der Waals surface area contributed by atoms with Crippen molar-refractivity contribution in [1.29, 1.82) is 0 Å². The van der Waals surface area contributed by atoms with Crippen molar-refractivity contribution in [2.24, 2.45) is 0 Å². The molecule has 2 saturated carbocycles. The summed E-state index contributed by atoms with van der Waals surface area (Å²) in [5.74, 6) is 0.0907. The molecule has 0 aliphatic heterocycles. The van der Waals surface area contributed by atoms with E-state index in [4.69, 9.17) is 0 Å². The number of hydrogen-bond acceptors (Lipinski definition) is 3. The van der Waals surface area contributed by atoms with Crippen LogP contribution in [0, 0.1) is 0 Å². The van der Waals surface area contributed by atoms with Crippen molar-refractivity contribution in [2.75, 3.05) is 0 Å². The van der Waals surface area contributed by atoms with Gasteiger partial charge in [0.2, 0.25) is 5.91 Å². The van der Waals surface area contributed by atoms with E-state index in [2.05, 4.69) is 9.88 Å². The van der Waals surface area contributed by atoms with Gasteiger partial charge >= 0.3 is 0 Å². The van der Waals surface area contributed by atoms with Gasteiger partial charge in [0.25, 0.3) is 5.56 Å². The Morgan fingerprint density at radius 3 is 2.19 bits per heavy atom. The third kappa shape index (κ3) is 3.92. The molecule has 0 spiro atoms. The standard InChI is InChI=1S/C22H29N3O2/c26-21(15-24-16-23-20-14-8-7-13-19(20)22(24)27)25(17-9-3-1-4-10-17)18-11-5-2-6-12-18/h7-8,13-14,16-18H,1-6,9-12,15H2. The second-order valence-electron chi connectivity index (χ2n) is 8.08. The zero-order valence-electron chi connectivity index (χ0n) is 16.0. The molecular formula is C22H29N3O2. The Labute approximate surface area is 160 Å². The van der Waals surface area contributed by atoms with Crippen molar-refractivity contribution in [1.82, 2.24) is 14.5 Å². The number of hydrogen-bond donors (Lipinski definition) is 0. The second-order valence-corrected chi connectivity index (χ2v) is 8.08. The van der Waals surface area contributed by atoms with Gasteiger partial charge in [0.15, 0.2) is 0 Å². The quantitative estimate of drug-likeness (QED) is 0.824. The highest BCUT2D eigenvalue weighted by atomic mass is 16.2. The third-order valence-electron chi connectivity index (χ3n) is 6.26. The molecule has 2 fully saturated rings. The van der Waals surface area contributed by atoms with E-state index in [1.54, 1.807) is 6.07 Å². The van der Waals surface area contributed by atoms with Gasteiger partial charge in [0.1, 0.15) is 6.54 Å². The molecule has 0 radical (unpaired) electrons. The van der Waals surface area contributed by atoms with Crippen LogP contribution in [-0.2, 0) is 11.3 Å². The van der Waals surface area contributed by atoms with Crippen molar-refractivity contribution >= 4 is 16.8 Å². The third-order valence-corrected chi connectivity index (χ3v) is 6.26. The molecule has 2 aliphatic rings. The topological polar surface area (TPSA) is 55.2 Å². The smallest absolute Gasteiger partial charge is 0.261 e. The summed E-state index contributed by atoms with van der Waals surface area (Å²) in [5.41, 5.74) is 0.559. The number of rotatable bonds is 4. The van der Waals surface area contributed by atoms with Crippen LogP contribution in [0.25, 0.3) is 10.9 Å². The van der Waals surface area contributed by atoms with Crippen LogP contribution in [0.15, 0.2) is 35.4 Å². The van der Waals surface area contributed by atoms with Gasteiger partial charge in [-0.05, 0) is 37.8 Å². The van der Waals surface area contributed by atoms with Crippen LogP contribution in [0.5, 0.6) is 0 Å². The summed E-state index contributed by atoms with van der Waals surface area (Å²) >= 11 is 0. The fourth-order valence-electron chi connectivity index (χ4n) is 4.87. The lowest BCUT2D eigenvalue weighted by molar-refractivity contribution is -0.138. The number of carbonyl (C=O) groups is 1. The Balaban J connectivity index is 1.59. The van der Waals surface area contributed by atoms with Gasteiger partial charge in [-0.1, -0.05) is 50.7 Å². The molecule has 1 aromatic heterocycles. The van der Waals surface area contributed by atoms with E-state index in [1.807, 2.05) is 18.2 Å². The van der Waals surface area contributed by atoms with Crippen molar-refractivity contribution in [3.8, 4) is 0 Å². The van der Waals surface area contributed by atoms with Crippen LogP contribution in [0.4, 0.5) is 0 Å². The van der Waals surface area contributed by atoms with Crippen molar-refractivity contribution in [2.45, 2.75) is 82.8 Å². The van der Waals surface area contributed by atoms with Crippen LogP contribution in [0.1, 0.15) is 64.2 Å². The van der Waals surface area contributed by atoms with Gasteiger partial charge in [-0.2, -0.15) is 0 Å². The van der Waals surface area contributed by atoms with Gasteiger partial charge in [0, 0.05) is 12.1 Å². The van der Waals surface area contributed by atoms with E-state index in [1.165, 1.54) is 49.4 Å². The SMILES string of the molecule is O=C(Cn1cnc2ccccc2c1=O)N(C1CCCCC1)C1CCCCC1. The average molecular weight is 367 g/mol. The Kier molecular flexibility index (Phi) is 5.55. The van der Waals surface area contributed by atoms with E-state index >= 15 is 0 Å². The lowest BCUT2D eigenvalue weighted by Crippen LogP contribution is -2.50. The molecular weight excluding hydrogens is 338 g/mol. The zero-order chi connectivity index (χ0) is 18.6. The van der Waals surface area contributed by atoms with E-state index in [9.17, 15) is 9.59 Å². The molecule has 1 aromatic carbocycles. The van der Waals surface area contributed by atoms with Crippen LogP contribution in [0.2, 0.25) is 0 Å². The molecule has 1 amide bonds. The monoisotopic (exact) mass is 367 g/mol. The first kappa shape index (κ1) is 18.2. The van der Waals surface area contributed by atoms with Crippen molar-refractivity contribution in [3.05, 3.63) is 40.9 Å². The maximum atomic E-state index is 13.3. The predicted octanol–water partition coefficient (Wildman–Crippen LogP) is 3.89.